The van der Waals surface area contributed by atoms with Crippen LogP contribution in [0.2, 0.25) is 0 Å². The zero-order chi connectivity index (χ0) is 16.1. The highest BCUT2D eigenvalue weighted by Crippen LogP contribution is 2.26. The second kappa shape index (κ2) is 6.95. The van der Waals surface area contributed by atoms with Gasteiger partial charge in [-0.3, -0.25) is 9.59 Å². The molecule has 7 heteroatoms. The van der Waals surface area contributed by atoms with E-state index in [1.165, 1.54) is 25.6 Å². The van der Waals surface area contributed by atoms with Crippen molar-refractivity contribution < 1.29 is 19.1 Å². The lowest BCUT2D eigenvalue weighted by Gasteiger charge is -2.09. The van der Waals surface area contributed by atoms with Crippen molar-refractivity contribution in [2.75, 3.05) is 26.6 Å². The van der Waals surface area contributed by atoms with Crippen LogP contribution in [0.3, 0.4) is 0 Å². The third-order valence-corrected chi connectivity index (χ3v) is 3.81. The Labute approximate surface area is 132 Å². The second-order valence-corrected chi connectivity index (χ2v) is 5.21. The number of rotatable bonds is 5. The summed E-state index contributed by atoms with van der Waals surface area (Å²) in [4.78, 5) is 24.1. The van der Waals surface area contributed by atoms with Crippen LogP contribution >= 0.6 is 11.3 Å². The van der Waals surface area contributed by atoms with E-state index in [1.54, 1.807) is 36.7 Å². The van der Waals surface area contributed by atoms with Crippen molar-refractivity contribution in [1.82, 2.24) is 5.32 Å². The summed E-state index contributed by atoms with van der Waals surface area (Å²) >= 11 is 1.28. The third kappa shape index (κ3) is 3.37. The van der Waals surface area contributed by atoms with Gasteiger partial charge < -0.3 is 20.1 Å². The van der Waals surface area contributed by atoms with Gasteiger partial charge in [-0.2, -0.15) is 0 Å². The smallest absolute Gasteiger partial charge is 0.256 e. The van der Waals surface area contributed by atoms with Gasteiger partial charge in [0.05, 0.1) is 19.8 Å². The first-order valence-electron chi connectivity index (χ1n) is 6.43. The molecule has 1 aromatic heterocycles. The first-order chi connectivity index (χ1) is 10.6. The average Bonchev–Trinajstić information content (AvgIpc) is 3.01. The second-order valence-electron chi connectivity index (χ2n) is 4.30. The first-order valence-corrected chi connectivity index (χ1v) is 7.31. The lowest BCUT2D eigenvalue weighted by atomic mass is 10.2. The fourth-order valence-electron chi connectivity index (χ4n) is 1.83. The summed E-state index contributed by atoms with van der Waals surface area (Å²) in [6, 6.07) is 6.54. The van der Waals surface area contributed by atoms with Gasteiger partial charge in [-0.25, -0.2) is 0 Å². The van der Waals surface area contributed by atoms with E-state index in [4.69, 9.17) is 9.47 Å². The van der Waals surface area contributed by atoms with Gasteiger partial charge in [-0.1, -0.05) is 0 Å². The quantitative estimate of drug-likeness (QED) is 0.887. The Morgan fingerprint density at radius 1 is 1.05 bits per heavy atom. The molecular formula is C15H16N2O4S. The number of ether oxygens (including phenoxy) is 2. The molecule has 0 spiro atoms. The zero-order valence-electron chi connectivity index (χ0n) is 12.4. The fourth-order valence-corrected chi connectivity index (χ4v) is 2.61. The minimum absolute atomic E-state index is 0.250. The molecule has 116 valence electrons. The van der Waals surface area contributed by atoms with Gasteiger partial charge in [-0.05, 0) is 23.6 Å². The number of nitrogens with one attached hydrogen (secondary N) is 2. The monoisotopic (exact) mass is 320 g/mol. The number of hydrogen-bond acceptors (Lipinski definition) is 5. The van der Waals surface area contributed by atoms with E-state index in [0.29, 0.717) is 27.6 Å². The van der Waals surface area contributed by atoms with Gasteiger partial charge in [0, 0.05) is 18.7 Å². The van der Waals surface area contributed by atoms with E-state index in [-0.39, 0.29) is 11.8 Å². The average molecular weight is 320 g/mol. The fraction of sp³-hybridized carbons (Fsp3) is 0.200. The van der Waals surface area contributed by atoms with E-state index >= 15 is 0 Å². The summed E-state index contributed by atoms with van der Waals surface area (Å²) in [5.74, 6) is 0.439. The lowest BCUT2D eigenvalue weighted by molar-refractivity contribution is 0.0964. The van der Waals surface area contributed by atoms with Crippen molar-refractivity contribution in [1.29, 1.82) is 0 Å². The molecule has 0 aliphatic carbocycles. The van der Waals surface area contributed by atoms with Crippen molar-refractivity contribution in [3.8, 4) is 11.5 Å². The van der Waals surface area contributed by atoms with Crippen LogP contribution in [0.15, 0.2) is 29.6 Å². The number of hydrogen-bond donors (Lipinski definition) is 2. The summed E-state index contributed by atoms with van der Waals surface area (Å²) < 4.78 is 10.3. The maximum atomic E-state index is 12.4. The number of methoxy groups -OCH3 is 2. The van der Waals surface area contributed by atoms with Gasteiger partial charge in [0.2, 0.25) is 0 Å². The van der Waals surface area contributed by atoms with Gasteiger partial charge >= 0.3 is 0 Å². The maximum absolute atomic E-state index is 12.4. The Kier molecular flexibility index (Phi) is 5.00. The topological polar surface area (TPSA) is 76.7 Å². The standard InChI is InChI=1S/C15H16N2O4S/c1-16-14(19)12-4-5-22-15(12)17-13(18)9-6-10(20-2)8-11(7-9)21-3/h4-8H,1-3H3,(H,16,19)(H,17,18). The first kappa shape index (κ1) is 15.8. The van der Waals surface area contributed by atoms with Crippen molar-refractivity contribution in [3.05, 3.63) is 40.8 Å². The van der Waals surface area contributed by atoms with Crippen LogP contribution in [0.4, 0.5) is 5.00 Å². The molecule has 0 aliphatic rings. The number of thiophene rings is 1. The number of carbonyl (C=O) groups excluding carboxylic acids is 2. The molecule has 2 amide bonds. The van der Waals surface area contributed by atoms with Crippen LogP contribution in [-0.4, -0.2) is 33.1 Å². The molecule has 0 saturated heterocycles. The van der Waals surface area contributed by atoms with Crippen molar-refractivity contribution in [2.45, 2.75) is 0 Å². The van der Waals surface area contributed by atoms with E-state index in [2.05, 4.69) is 10.6 Å². The molecule has 2 N–H and O–H groups in total. The lowest BCUT2D eigenvalue weighted by Crippen LogP contribution is -2.20. The summed E-state index contributed by atoms with van der Waals surface area (Å²) in [7, 11) is 4.57. The Balaban J connectivity index is 2.26. The third-order valence-electron chi connectivity index (χ3n) is 2.98. The van der Waals surface area contributed by atoms with E-state index in [9.17, 15) is 9.59 Å². The van der Waals surface area contributed by atoms with Crippen LogP contribution in [-0.2, 0) is 0 Å². The molecule has 0 radical (unpaired) electrons. The number of carbonyl (C=O) groups is 2. The molecule has 22 heavy (non-hydrogen) atoms. The summed E-state index contributed by atoms with van der Waals surface area (Å²) in [6.07, 6.45) is 0. The summed E-state index contributed by atoms with van der Waals surface area (Å²) in [5, 5.41) is 7.50. The highest BCUT2D eigenvalue weighted by molar-refractivity contribution is 7.14. The molecule has 0 saturated carbocycles. The molecule has 0 unspecified atom stereocenters. The SMILES string of the molecule is CNC(=O)c1ccsc1NC(=O)c1cc(OC)cc(OC)c1. The summed E-state index contributed by atoms with van der Waals surface area (Å²) in [5.41, 5.74) is 0.808. The van der Waals surface area contributed by atoms with Gasteiger partial charge in [-0.15, -0.1) is 11.3 Å². The van der Waals surface area contributed by atoms with Crippen molar-refractivity contribution in [3.63, 3.8) is 0 Å². The largest absolute Gasteiger partial charge is 0.497 e. The molecule has 2 rings (SSSR count). The van der Waals surface area contributed by atoms with E-state index < -0.39 is 0 Å². The van der Waals surface area contributed by atoms with Gasteiger partial charge in [0.1, 0.15) is 16.5 Å². The molecule has 0 aliphatic heterocycles. The molecule has 0 atom stereocenters. The predicted molar refractivity (Wildman–Crippen MR) is 85.2 cm³/mol. The van der Waals surface area contributed by atoms with Crippen molar-refractivity contribution >= 4 is 28.2 Å². The molecule has 6 nitrogen and oxygen atoms in total. The highest BCUT2D eigenvalue weighted by atomic mass is 32.1. The van der Waals surface area contributed by atoms with Crippen LogP contribution in [0.25, 0.3) is 0 Å². The molecule has 1 heterocycles. The molecular weight excluding hydrogens is 304 g/mol. The molecule has 1 aromatic carbocycles. The van der Waals surface area contributed by atoms with Gasteiger partial charge in [0.25, 0.3) is 11.8 Å². The highest BCUT2D eigenvalue weighted by Gasteiger charge is 2.16. The van der Waals surface area contributed by atoms with Gasteiger partial charge in [0.15, 0.2) is 0 Å². The normalized spacial score (nSPS) is 9.95. The molecule has 0 bridgehead atoms. The Morgan fingerprint density at radius 3 is 2.23 bits per heavy atom. The minimum atomic E-state index is -0.343. The van der Waals surface area contributed by atoms with Crippen LogP contribution in [0.5, 0.6) is 11.5 Å². The minimum Gasteiger partial charge on any atom is -0.497 e. The molecule has 0 fully saturated rings. The summed E-state index contributed by atoms with van der Waals surface area (Å²) in [6.45, 7) is 0. The zero-order valence-corrected chi connectivity index (χ0v) is 13.2. The van der Waals surface area contributed by atoms with Crippen molar-refractivity contribution in [2.24, 2.45) is 0 Å². The van der Waals surface area contributed by atoms with E-state index in [0.717, 1.165) is 0 Å². The number of anilines is 1. The Morgan fingerprint density at radius 2 is 1.68 bits per heavy atom. The van der Waals surface area contributed by atoms with Crippen LogP contribution < -0.4 is 20.1 Å². The van der Waals surface area contributed by atoms with E-state index in [1.807, 2.05) is 0 Å². The number of benzene rings is 1. The Hall–Kier alpha value is -2.54. The predicted octanol–water partition coefficient (Wildman–Crippen LogP) is 2.38. The van der Waals surface area contributed by atoms with Crippen LogP contribution in [0, 0.1) is 0 Å². The Bertz CT molecular complexity index is 674. The molecule has 2 aromatic rings. The van der Waals surface area contributed by atoms with Crippen LogP contribution in [0.1, 0.15) is 20.7 Å². The maximum Gasteiger partial charge on any atom is 0.256 e. The number of amides is 2.